The van der Waals surface area contributed by atoms with Gasteiger partial charge in [-0.3, -0.25) is 4.79 Å². The Balaban J connectivity index is 1.63. The highest BCUT2D eigenvalue weighted by Crippen LogP contribution is 2.28. The monoisotopic (exact) mass is 462 g/mol. The molecule has 2 aliphatic rings. The molecule has 0 aromatic heterocycles. The largest absolute Gasteiger partial charge is 0.480 e. The van der Waals surface area contributed by atoms with Crippen LogP contribution in [0.1, 0.15) is 57.9 Å². The first-order valence-electron chi connectivity index (χ1n) is 10.9. The van der Waals surface area contributed by atoms with Gasteiger partial charge in [-0.15, -0.1) is 0 Å². The summed E-state index contributed by atoms with van der Waals surface area (Å²) in [5.41, 5.74) is 1.85. The van der Waals surface area contributed by atoms with Gasteiger partial charge in [-0.2, -0.15) is 4.72 Å². The van der Waals surface area contributed by atoms with Gasteiger partial charge < -0.3 is 15.2 Å². The number of allylic oxidation sites excluding steroid dienone is 4. The molecule has 0 spiro atoms. The van der Waals surface area contributed by atoms with Gasteiger partial charge in [-0.1, -0.05) is 44.9 Å². The van der Waals surface area contributed by atoms with Crippen LogP contribution in [-0.2, 0) is 19.6 Å². The molecule has 1 amide bonds. The molecule has 0 saturated heterocycles. The third-order valence-corrected chi connectivity index (χ3v) is 7.22. The number of amides is 1. The Labute approximate surface area is 188 Å². The third-order valence-electron chi connectivity index (χ3n) is 5.76. The lowest BCUT2D eigenvalue weighted by atomic mass is 9.97. The van der Waals surface area contributed by atoms with Crippen molar-refractivity contribution in [3.05, 3.63) is 47.7 Å². The molecule has 3 N–H and O–H groups in total. The topological polar surface area (TPSA) is 122 Å². The van der Waals surface area contributed by atoms with E-state index in [9.17, 15) is 23.1 Å². The number of carboxylic acid groups (broad SMARTS) is 1. The van der Waals surface area contributed by atoms with Crippen molar-refractivity contribution in [3.63, 3.8) is 0 Å². The molecule has 174 valence electrons. The van der Waals surface area contributed by atoms with Crippen LogP contribution in [0.2, 0.25) is 0 Å². The van der Waals surface area contributed by atoms with E-state index in [1.165, 1.54) is 12.1 Å². The minimum absolute atomic E-state index is 0.00714. The third kappa shape index (κ3) is 6.20. The summed E-state index contributed by atoms with van der Waals surface area (Å²) < 4.78 is 32.8. The van der Waals surface area contributed by atoms with Crippen molar-refractivity contribution in [3.8, 4) is 0 Å². The molecule has 0 heterocycles. The number of hydrogen-bond donors (Lipinski definition) is 3. The lowest BCUT2D eigenvalue weighted by Crippen LogP contribution is -2.44. The van der Waals surface area contributed by atoms with E-state index in [1.807, 2.05) is 6.08 Å². The van der Waals surface area contributed by atoms with Gasteiger partial charge in [0, 0.05) is 12.5 Å². The maximum absolute atomic E-state index is 12.6. The van der Waals surface area contributed by atoms with E-state index in [-0.39, 0.29) is 10.9 Å². The van der Waals surface area contributed by atoms with Gasteiger partial charge in [0.05, 0.1) is 4.90 Å². The summed E-state index contributed by atoms with van der Waals surface area (Å²) in [6, 6.07) is 5.31. The van der Waals surface area contributed by atoms with Crippen LogP contribution in [0.5, 0.6) is 0 Å². The Morgan fingerprint density at radius 1 is 1.06 bits per heavy atom. The van der Waals surface area contributed by atoms with Crippen molar-refractivity contribution in [1.29, 1.82) is 0 Å². The fourth-order valence-corrected chi connectivity index (χ4v) is 5.22. The highest BCUT2D eigenvalue weighted by atomic mass is 32.2. The van der Waals surface area contributed by atoms with Crippen LogP contribution >= 0.6 is 0 Å². The summed E-state index contributed by atoms with van der Waals surface area (Å²) in [5.74, 6) is -1.01. The SMILES string of the molecule is CC(C)[C@@H](NS(=O)(=O)c1ccc(C2=CC=C(OC(=O)NC3CCCC3)CC2)cc1)C(=O)O. The summed E-state index contributed by atoms with van der Waals surface area (Å²) in [6.07, 6.45) is 8.69. The van der Waals surface area contributed by atoms with Crippen LogP contribution in [0.3, 0.4) is 0 Å². The molecule has 3 rings (SSSR count). The van der Waals surface area contributed by atoms with E-state index in [0.29, 0.717) is 18.6 Å². The lowest BCUT2D eigenvalue weighted by molar-refractivity contribution is -0.140. The average molecular weight is 463 g/mol. The number of rotatable bonds is 8. The average Bonchev–Trinajstić information content (AvgIpc) is 3.25. The van der Waals surface area contributed by atoms with Gasteiger partial charge in [0.1, 0.15) is 11.8 Å². The lowest BCUT2D eigenvalue weighted by Gasteiger charge is -2.19. The molecule has 2 aliphatic carbocycles. The Morgan fingerprint density at radius 2 is 1.72 bits per heavy atom. The van der Waals surface area contributed by atoms with Crippen molar-refractivity contribution < 1.29 is 27.9 Å². The Morgan fingerprint density at radius 3 is 2.25 bits per heavy atom. The number of carboxylic acids is 1. The first kappa shape index (κ1) is 24.0. The van der Waals surface area contributed by atoms with Gasteiger partial charge in [0.2, 0.25) is 10.0 Å². The van der Waals surface area contributed by atoms with E-state index in [0.717, 1.165) is 36.8 Å². The second kappa shape index (κ2) is 10.3. The second-order valence-corrected chi connectivity index (χ2v) is 10.3. The minimum Gasteiger partial charge on any atom is -0.480 e. The van der Waals surface area contributed by atoms with Crippen LogP contribution in [0.15, 0.2) is 47.1 Å². The molecule has 8 nitrogen and oxygen atoms in total. The molecule has 9 heteroatoms. The van der Waals surface area contributed by atoms with E-state index in [2.05, 4.69) is 10.0 Å². The standard InChI is InChI=1S/C23H30N2O6S/c1-15(2)21(22(26)27)25-32(29,30)20-13-9-17(10-14-20)16-7-11-19(12-8-16)31-23(28)24-18-5-3-4-6-18/h7,9-11,13-15,18,21,25H,3-6,8,12H2,1-2H3,(H,24,28)(H,26,27)/t21-/m1/s1. The normalized spacial score (nSPS) is 18.1. The number of benzene rings is 1. The second-order valence-electron chi connectivity index (χ2n) is 8.55. The van der Waals surface area contributed by atoms with E-state index in [4.69, 9.17) is 4.74 Å². The number of hydrogen-bond acceptors (Lipinski definition) is 5. The fraction of sp³-hybridized carbons (Fsp3) is 0.478. The van der Waals surface area contributed by atoms with Crippen LogP contribution in [-0.4, -0.2) is 37.7 Å². The van der Waals surface area contributed by atoms with E-state index >= 15 is 0 Å². The van der Waals surface area contributed by atoms with Crippen LogP contribution in [0.25, 0.3) is 5.57 Å². The molecule has 1 atom stereocenters. The van der Waals surface area contributed by atoms with Gasteiger partial charge in [0.25, 0.3) is 0 Å². The molecule has 32 heavy (non-hydrogen) atoms. The van der Waals surface area contributed by atoms with Gasteiger partial charge in [-0.05, 0) is 54.5 Å². The number of aliphatic carboxylic acids is 1. The number of ether oxygens (including phenoxy) is 1. The zero-order valence-corrected chi connectivity index (χ0v) is 19.2. The molecule has 1 aromatic carbocycles. The Kier molecular flexibility index (Phi) is 7.73. The van der Waals surface area contributed by atoms with E-state index in [1.54, 1.807) is 32.1 Å². The van der Waals surface area contributed by atoms with Crippen LogP contribution in [0.4, 0.5) is 4.79 Å². The number of carbonyl (C=O) groups excluding carboxylic acids is 1. The Hall–Kier alpha value is -2.65. The fourth-order valence-electron chi connectivity index (χ4n) is 3.88. The highest BCUT2D eigenvalue weighted by molar-refractivity contribution is 7.89. The molecule has 0 bridgehead atoms. The van der Waals surface area contributed by atoms with Crippen molar-refractivity contribution in [2.24, 2.45) is 5.92 Å². The first-order valence-corrected chi connectivity index (χ1v) is 12.4. The number of alkyl carbamates (subject to hydrolysis) is 1. The number of nitrogens with one attached hydrogen (secondary N) is 2. The van der Waals surface area contributed by atoms with Gasteiger partial charge >= 0.3 is 12.1 Å². The van der Waals surface area contributed by atoms with Crippen LogP contribution in [0, 0.1) is 5.92 Å². The number of carbonyl (C=O) groups is 2. The minimum atomic E-state index is -3.96. The van der Waals surface area contributed by atoms with Crippen molar-refractivity contribution in [2.75, 3.05) is 0 Å². The molecule has 0 unspecified atom stereocenters. The quantitative estimate of drug-likeness (QED) is 0.540. The summed E-state index contributed by atoms with van der Waals surface area (Å²) >= 11 is 0. The van der Waals surface area contributed by atoms with Crippen molar-refractivity contribution in [2.45, 2.75) is 69.4 Å². The molecule has 0 radical (unpaired) electrons. The predicted octanol–water partition coefficient (Wildman–Crippen LogP) is 3.80. The van der Waals surface area contributed by atoms with Gasteiger partial charge in [0.15, 0.2) is 0 Å². The zero-order valence-electron chi connectivity index (χ0n) is 18.3. The molecule has 1 aromatic rings. The maximum Gasteiger partial charge on any atom is 0.412 e. The molecule has 0 aliphatic heterocycles. The molecular formula is C23H30N2O6S. The van der Waals surface area contributed by atoms with E-state index < -0.39 is 34.0 Å². The highest BCUT2D eigenvalue weighted by Gasteiger charge is 2.28. The summed E-state index contributed by atoms with van der Waals surface area (Å²) in [5, 5.41) is 12.1. The molecular weight excluding hydrogens is 432 g/mol. The molecule has 1 fully saturated rings. The van der Waals surface area contributed by atoms with Crippen molar-refractivity contribution in [1.82, 2.24) is 10.0 Å². The number of sulfonamides is 1. The molecule has 1 saturated carbocycles. The Bertz CT molecular complexity index is 1010. The van der Waals surface area contributed by atoms with Crippen LogP contribution < -0.4 is 10.0 Å². The summed E-state index contributed by atoms with van der Waals surface area (Å²) in [6.45, 7) is 3.29. The van der Waals surface area contributed by atoms with Crippen molar-refractivity contribution >= 4 is 27.7 Å². The first-order chi connectivity index (χ1) is 15.2. The summed E-state index contributed by atoms with van der Waals surface area (Å²) in [7, 11) is -3.96. The maximum atomic E-state index is 12.6. The smallest absolute Gasteiger partial charge is 0.412 e. The summed E-state index contributed by atoms with van der Waals surface area (Å²) in [4.78, 5) is 23.3. The van der Waals surface area contributed by atoms with Gasteiger partial charge in [-0.25, -0.2) is 13.2 Å². The predicted molar refractivity (Wildman–Crippen MR) is 120 cm³/mol. The zero-order chi connectivity index (χ0) is 23.3.